The monoisotopic (exact) mass is 222 g/mol. The zero-order valence-corrected chi connectivity index (χ0v) is 11.0. The standard InChI is InChI=1S/C15H26O/c1-4-5-6-7-8-15-12(2)9-14(11-16)10-13(15)3/h9,11-13,15H,4-8,10H2,1-3H3. The molecular formula is C15H26O. The highest BCUT2D eigenvalue weighted by Crippen LogP contribution is 2.36. The molecule has 3 atom stereocenters. The lowest BCUT2D eigenvalue weighted by molar-refractivity contribution is -0.105. The third kappa shape index (κ3) is 3.77. The number of carbonyl (C=O) groups excluding carboxylic acids is 1. The van der Waals surface area contributed by atoms with E-state index in [1.807, 2.05) is 0 Å². The average molecular weight is 222 g/mol. The first-order chi connectivity index (χ1) is 7.69. The van der Waals surface area contributed by atoms with Crippen LogP contribution in [0.25, 0.3) is 0 Å². The number of unbranched alkanes of at least 4 members (excludes halogenated alkanes) is 3. The van der Waals surface area contributed by atoms with Crippen LogP contribution < -0.4 is 0 Å². The molecule has 16 heavy (non-hydrogen) atoms. The van der Waals surface area contributed by atoms with Gasteiger partial charge in [0, 0.05) is 0 Å². The summed E-state index contributed by atoms with van der Waals surface area (Å²) in [6, 6.07) is 0. The van der Waals surface area contributed by atoms with Crippen LogP contribution in [0.3, 0.4) is 0 Å². The van der Waals surface area contributed by atoms with E-state index in [1.54, 1.807) is 0 Å². The molecular weight excluding hydrogens is 196 g/mol. The van der Waals surface area contributed by atoms with Crippen molar-refractivity contribution in [1.82, 2.24) is 0 Å². The van der Waals surface area contributed by atoms with Crippen molar-refractivity contribution in [2.75, 3.05) is 0 Å². The summed E-state index contributed by atoms with van der Waals surface area (Å²) in [7, 11) is 0. The Hall–Kier alpha value is -0.590. The van der Waals surface area contributed by atoms with E-state index in [-0.39, 0.29) is 0 Å². The average Bonchev–Trinajstić information content (AvgIpc) is 2.26. The summed E-state index contributed by atoms with van der Waals surface area (Å²) in [4.78, 5) is 10.8. The first-order valence-corrected chi connectivity index (χ1v) is 6.84. The van der Waals surface area contributed by atoms with Gasteiger partial charge in [0.15, 0.2) is 0 Å². The lowest BCUT2D eigenvalue weighted by Crippen LogP contribution is -2.24. The van der Waals surface area contributed by atoms with Gasteiger partial charge in [-0.15, -0.1) is 0 Å². The molecule has 1 heteroatoms. The van der Waals surface area contributed by atoms with Crippen molar-refractivity contribution in [3.05, 3.63) is 11.6 Å². The third-order valence-electron chi connectivity index (χ3n) is 3.98. The Bertz CT molecular complexity index is 242. The van der Waals surface area contributed by atoms with Crippen molar-refractivity contribution < 1.29 is 4.79 Å². The Balaban J connectivity index is 2.41. The number of aldehydes is 1. The van der Waals surface area contributed by atoms with Gasteiger partial charge in [-0.1, -0.05) is 52.5 Å². The first kappa shape index (κ1) is 13.5. The van der Waals surface area contributed by atoms with Crippen LogP contribution in [0.15, 0.2) is 11.6 Å². The lowest BCUT2D eigenvalue weighted by atomic mass is 9.72. The summed E-state index contributed by atoms with van der Waals surface area (Å²) in [5.74, 6) is 2.06. The maximum Gasteiger partial charge on any atom is 0.145 e. The largest absolute Gasteiger partial charge is 0.298 e. The van der Waals surface area contributed by atoms with Gasteiger partial charge in [0.1, 0.15) is 6.29 Å². The van der Waals surface area contributed by atoms with Crippen molar-refractivity contribution >= 4 is 6.29 Å². The van der Waals surface area contributed by atoms with Gasteiger partial charge in [0.25, 0.3) is 0 Å². The molecule has 1 rings (SSSR count). The fourth-order valence-electron chi connectivity index (χ4n) is 3.01. The molecule has 92 valence electrons. The van der Waals surface area contributed by atoms with Crippen molar-refractivity contribution in [1.29, 1.82) is 0 Å². The summed E-state index contributed by atoms with van der Waals surface area (Å²) in [5, 5.41) is 0. The van der Waals surface area contributed by atoms with Gasteiger partial charge in [0.05, 0.1) is 0 Å². The van der Waals surface area contributed by atoms with Crippen LogP contribution in [-0.2, 0) is 4.79 Å². The Morgan fingerprint density at radius 3 is 2.62 bits per heavy atom. The fraction of sp³-hybridized carbons (Fsp3) is 0.800. The molecule has 0 bridgehead atoms. The summed E-state index contributed by atoms with van der Waals surface area (Å²) in [6.07, 6.45) is 11.0. The quantitative estimate of drug-likeness (QED) is 0.481. The van der Waals surface area contributed by atoms with Crippen molar-refractivity contribution in [2.45, 2.75) is 59.3 Å². The normalized spacial score (nSPS) is 29.9. The maximum absolute atomic E-state index is 10.8. The van der Waals surface area contributed by atoms with Gasteiger partial charge in [0.2, 0.25) is 0 Å². The molecule has 0 aromatic carbocycles. The second-order valence-corrected chi connectivity index (χ2v) is 5.41. The predicted molar refractivity (Wildman–Crippen MR) is 69.3 cm³/mol. The minimum atomic E-state index is 0.588. The van der Waals surface area contributed by atoms with E-state index >= 15 is 0 Å². The summed E-state index contributed by atoms with van der Waals surface area (Å²) in [6.45, 7) is 6.83. The van der Waals surface area contributed by atoms with Crippen LogP contribution in [0, 0.1) is 17.8 Å². The van der Waals surface area contributed by atoms with Crippen LogP contribution >= 0.6 is 0 Å². The zero-order valence-electron chi connectivity index (χ0n) is 11.0. The molecule has 0 amide bonds. The highest BCUT2D eigenvalue weighted by molar-refractivity contribution is 5.73. The fourth-order valence-corrected chi connectivity index (χ4v) is 3.01. The van der Waals surface area contributed by atoms with Crippen LogP contribution in [0.1, 0.15) is 59.3 Å². The summed E-state index contributed by atoms with van der Waals surface area (Å²) in [5.41, 5.74) is 1.02. The molecule has 1 aliphatic rings. The van der Waals surface area contributed by atoms with E-state index in [0.717, 1.165) is 24.2 Å². The van der Waals surface area contributed by atoms with E-state index in [0.29, 0.717) is 11.8 Å². The Labute approximate surface area is 100 Å². The number of rotatable bonds is 6. The maximum atomic E-state index is 10.8. The van der Waals surface area contributed by atoms with Crippen molar-refractivity contribution in [2.24, 2.45) is 17.8 Å². The Kier molecular flexibility index (Phi) is 5.79. The Morgan fingerprint density at radius 2 is 2.06 bits per heavy atom. The second-order valence-electron chi connectivity index (χ2n) is 5.41. The molecule has 1 nitrogen and oxygen atoms in total. The minimum absolute atomic E-state index is 0.588. The first-order valence-electron chi connectivity index (χ1n) is 6.84. The molecule has 0 saturated heterocycles. The number of allylic oxidation sites excluding steroid dienone is 2. The van der Waals surface area contributed by atoms with Crippen LogP contribution in [0.5, 0.6) is 0 Å². The molecule has 0 aromatic heterocycles. The van der Waals surface area contributed by atoms with E-state index in [4.69, 9.17) is 0 Å². The SMILES string of the molecule is CCCCCCC1C(C)C=C(C=O)CC1C. The third-order valence-corrected chi connectivity index (χ3v) is 3.98. The molecule has 0 radical (unpaired) electrons. The molecule has 0 spiro atoms. The number of carbonyl (C=O) groups is 1. The van der Waals surface area contributed by atoms with Gasteiger partial charge in [-0.25, -0.2) is 0 Å². The molecule has 1 aliphatic carbocycles. The van der Waals surface area contributed by atoms with Crippen molar-refractivity contribution in [3.63, 3.8) is 0 Å². The molecule has 0 aliphatic heterocycles. The Morgan fingerprint density at radius 1 is 1.31 bits per heavy atom. The highest BCUT2D eigenvalue weighted by Gasteiger charge is 2.26. The molecule has 3 unspecified atom stereocenters. The molecule has 0 saturated carbocycles. The molecule has 0 aromatic rings. The lowest BCUT2D eigenvalue weighted by Gasteiger charge is -2.32. The van der Waals surface area contributed by atoms with E-state index in [2.05, 4.69) is 26.8 Å². The smallest absolute Gasteiger partial charge is 0.145 e. The summed E-state index contributed by atoms with van der Waals surface area (Å²) < 4.78 is 0. The van der Waals surface area contributed by atoms with E-state index in [1.165, 1.54) is 32.1 Å². The van der Waals surface area contributed by atoms with Crippen LogP contribution in [0.4, 0.5) is 0 Å². The summed E-state index contributed by atoms with van der Waals surface area (Å²) >= 11 is 0. The molecule has 0 N–H and O–H groups in total. The molecule has 0 fully saturated rings. The number of hydrogen-bond acceptors (Lipinski definition) is 1. The van der Waals surface area contributed by atoms with Crippen molar-refractivity contribution in [3.8, 4) is 0 Å². The van der Waals surface area contributed by atoms with Gasteiger partial charge in [-0.2, -0.15) is 0 Å². The topological polar surface area (TPSA) is 17.1 Å². The van der Waals surface area contributed by atoms with E-state index in [9.17, 15) is 4.79 Å². The van der Waals surface area contributed by atoms with E-state index < -0.39 is 0 Å². The minimum Gasteiger partial charge on any atom is -0.298 e. The van der Waals surface area contributed by atoms with Gasteiger partial charge < -0.3 is 0 Å². The van der Waals surface area contributed by atoms with Crippen LogP contribution in [0.2, 0.25) is 0 Å². The highest BCUT2D eigenvalue weighted by atomic mass is 16.1. The second kappa shape index (κ2) is 6.88. The van der Waals surface area contributed by atoms with Crippen LogP contribution in [-0.4, -0.2) is 6.29 Å². The predicted octanol–water partition coefficient (Wildman–Crippen LogP) is 4.37. The van der Waals surface area contributed by atoms with Gasteiger partial charge in [-0.05, 0) is 36.2 Å². The molecule has 0 heterocycles. The van der Waals surface area contributed by atoms with Gasteiger partial charge in [-0.3, -0.25) is 4.79 Å². The number of hydrogen-bond donors (Lipinski definition) is 0. The van der Waals surface area contributed by atoms with Gasteiger partial charge >= 0.3 is 0 Å². The zero-order chi connectivity index (χ0) is 12.0.